The maximum atomic E-state index is 13.1. The zero-order valence-electron chi connectivity index (χ0n) is 29.0. The summed E-state index contributed by atoms with van der Waals surface area (Å²) in [5, 5.41) is 4.75. The van der Waals surface area contributed by atoms with Crippen molar-refractivity contribution in [2.24, 2.45) is 0 Å². The van der Waals surface area contributed by atoms with Gasteiger partial charge in [0.05, 0.1) is 61.9 Å². The Morgan fingerprint density at radius 3 is 2.49 bits per heavy atom. The molecule has 2 aliphatic heterocycles. The molecule has 0 radical (unpaired) electrons. The molecule has 2 aliphatic rings. The quantitative estimate of drug-likeness (QED) is 0.104. The summed E-state index contributed by atoms with van der Waals surface area (Å²) in [6, 6.07) is 8.54. The van der Waals surface area contributed by atoms with E-state index in [0.29, 0.717) is 28.2 Å². The number of alkyl halides is 3. The van der Waals surface area contributed by atoms with Crippen LogP contribution in [0.15, 0.2) is 48.7 Å². The molecule has 290 valence electrons. The van der Waals surface area contributed by atoms with E-state index in [-0.39, 0.29) is 75.1 Å². The summed E-state index contributed by atoms with van der Waals surface area (Å²) in [5.41, 5.74) is 1.01. The summed E-state index contributed by atoms with van der Waals surface area (Å²) in [4.78, 5) is 74.7. The number of fused-ring (bicyclic) bond motifs is 2. The van der Waals surface area contributed by atoms with Crippen molar-refractivity contribution in [3.05, 3.63) is 59.8 Å². The lowest BCUT2D eigenvalue weighted by Gasteiger charge is -2.27. The summed E-state index contributed by atoms with van der Waals surface area (Å²) < 4.78 is 69.3. The summed E-state index contributed by atoms with van der Waals surface area (Å²) >= 11 is 0. The molecule has 5 amide bonds. The molecule has 0 saturated carbocycles. The van der Waals surface area contributed by atoms with Crippen molar-refractivity contribution in [3.63, 3.8) is 0 Å². The topological polar surface area (TPSA) is 210 Å². The Morgan fingerprint density at radius 1 is 0.945 bits per heavy atom. The van der Waals surface area contributed by atoms with Crippen LogP contribution in [0.25, 0.3) is 22.6 Å². The number of nitrogens with zero attached hydrogens (tertiary/aromatic N) is 3. The van der Waals surface area contributed by atoms with Gasteiger partial charge in [0, 0.05) is 25.1 Å². The first-order valence-electron chi connectivity index (χ1n) is 16.7. The number of amides is 5. The summed E-state index contributed by atoms with van der Waals surface area (Å²) in [6.07, 6.45) is -3.38. The highest BCUT2D eigenvalue weighted by atomic mass is 19.4. The second-order valence-electron chi connectivity index (χ2n) is 11.9. The molecule has 0 bridgehead atoms. The third kappa shape index (κ3) is 9.27. The number of imide groups is 2. The van der Waals surface area contributed by atoms with Crippen LogP contribution >= 0.6 is 0 Å². The number of piperidine rings is 1. The second-order valence-corrected chi connectivity index (χ2v) is 11.9. The standard InChI is InChI=1S/C35H33F3N6O11/c1-50-26-16-20(17-40-30(26)31-41-22-6-5-19(15-23(22)42-31)55-35(36,37)38)53-14-13-52-12-11-51-10-9-39-28(46)18-54-25-4-2-3-21-29(25)34(49)44(33(21)48)24-7-8-27(45)43-32(24)47/h2-6,15-17,24H,7-14,18H2,1H3,(H,39,46)(H,41,42)(H,43,45,47). The fourth-order valence-electron chi connectivity index (χ4n) is 5.74. The molecule has 3 N–H and O–H groups in total. The highest BCUT2D eigenvalue weighted by Crippen LogP contribution is 2.34. The molecule has 6 rings (SSSR count). The number of benzene rings is 2. The summed E-state index contributed by atoms with van der Waals surface area (Å²) in [7, 11) is 1.43. The first-order chi connectivity index (χ1) is 26.4. The number of halogens is 3. The normalized spacial score (nSPS) is 15.6. The average molecular weight is 771 g/mol. The van der Waals surface area contributed by atoms with Gasteiger partial charge in [0.2, 0.25) is 11.8 Å². The molecule has 4 heterocycles. The van der Waals surface area contributed by atoms with E-state index in [4.69, 9.17) is 23.7 Å². The molecule has 20 heteroatoms. The number of ether oxygens (including phenoxy) is 6. The number of imidazole rings is 1. The molecule has 1 unspecified atom stereocenters. The molecule has 0 aliphatic carbocycles. The Balaban J connectivity index is 0.859. The minimum atomic E-state index is -4.83. The predicted molar refractivity (Wildman–Crippen MR) is 181 cm³/mol. The average Bonchev–Trinajstić information content (AvgIpc) is 3.68. The lowest BCUT2D eigenvalue weighted by molar-refractivity contribution is -0.274. The van der Waals surface area contributed by atoms with Crippen LogP contribution < -0.4 is 29.6 Å². The van der Waals surface area contributed by atoms with Crippen LogP contribution in [-0.4, -0.2) is 115 Å². The van der Waals surface area contributed by atoms with Gasteiger partial charge in [-0.05, 0) is 30.7 Å². The van der Waals surface area contributed by atoms with Gasteiger partial charge in [-0.25, -0.2) is 9.97 Å². The van der Waals surface area contributed by atoms with E-state index in [1.807, 2.05) is 0 Å². The van der Waals surface area contributed by atoms with Gasteiger partial charge in [-0.1, -0.05) is 6.07 Å². The lowest BCUT2D eigenvalue weighted by atomic mass is 10.0. The first kappa shape index (κ1) is 38.4. The predicted octanol–water partition coefficient (Wildman–Crippen LogP) is 2.54. The number of aromatic amines is 1. The third-order valence-corrected chi connectivity index (χ3v) is 8.18. The van der Waals surface area contributed by atoms with Gasteiger partial charge in [-0.2, -0.15) is 0 Å². The molecule has 1 atom stereocenters. The van der Waals surface area contributed by atoms with Crippen molar-refractivity contribution in [1.29, 1.82) is 0 Å². The van der Waals surface area contributed by atoms with E-state index in [1.165, 1.54) is 43.6 Å². The van der Waals surface area contributed by atoms with Gasteiger partial charge in [-0.3, -0.25) is 34.2 Å². The number of methoxy groups -OCH3 is 1. The van der Waals surface area contributed by atoms with E-state index in [2.05, 4.69) is 30.3 Å². The largest absolute Gasteiger partial charge is 0.573 e. The van der Waals surface area contributed by atoms with Crippen molar-refractivity contribution >= 4 is 40.6 Å². The molecular formula is C35H33F3N6O11. The Morgan fingerprint density at radius 2 is 1.73 bits per heavy atom. The van der Waals surface area contributed by atoms with Crippen LogP contribution in [-0.2, 0) is 23.9 Å². The number of H-pyrrole nitrogens is 1. The number of nitrogens with one attached hydrogen (secondary N) is 3. The van der Waals surface area contributed by atoms with Gasteiger partial charge in [0.15, 0.2) is 18.2 Å². The fourth-order valence-corrected chi connectivity index (χ4v) is 5.74. The number of hydrogen-bond donors (Lipinski definition) is 3. The van der Waals surface area contributed by atoms with Crippen LogP contribution in [0.2, 0.25) is 0 Å². The van der Waals surface area contributed by atoms with Gasteiger partial charge < -0.3 is 38.7 Å². The van der Waals surface area contributed by atoms with Gasteiger partial charge >= 0.3 is 6.36 Å². The third-order valence-electron chi connectivity index (χ3n) is 8.18. The molecule has 2 aromatic heterocycles. The number of carbonyl (C=O) groups is 5. The number of aromatic nitrogens is 3. The molecule has 0 spiro atoms. The van der Waals surface area contributed by atoms with Crippen molar-refractivity contribution < 1.29 is 65.6 Å². The first-order valence-corrected chi connectivity index (χ1v) is 16.7. The highest BCUT2D eigenvalue weighted by Gasteiger charge is 2.46. The van der Waals surface area contributed by atoms with Crippen LogP contribution in [0.4, 0.5) is 13.2 Å². The maximum absolute atomic E-state index is 13.1. The van der Waals surface area contributed by atoms with Crippen molar-refractivity contribution in [3.8, 4) is 34.5 Å². The van der Waals surface area contributed by atoms with E-state index < -0.39 is 54.3 Å². The molecule has 1 fully saturated rings. The minimum Gasteiger partial charge on any atom is -0.494 e. The SMILES string of the molecule is COc1cc(OCCOCCOCCNC(=O)COc2cccc3c2C(=O)N(C2CCC(=O)NC2=O)C3=O)cnc1-c1nc2ccc(OC(F)(F)F)cc2[nH]1. The zero-order valence-corrected chi connectivity index (χ0v) is 29.0. The van der Waals surface area contributed by atoms with E-state index in [9.17, 15) is 37.1 Å². The van der Waals surface area contributed by atoms with Crippen LogP contribution in [0.1, 0.15) is 33.6 Å². The molecule has 55 heavy (non-hydrogen) atoms. The number of carbonyl (C=O) groups excluding carboxylic acids is 5. The lowest BCUT2D eigenvalue weighted by Crippen LogP contribution is -2.54. The van der Waals surface area contributed by atoms with Gasteiger partial charge in [-0.15, -0.1) is 13.2 Å². The molecule has 4 aromatic rings. The molecular weight excluding hydrogens is 737 g/mol. The highest BCUT2D eigenvalue weighted by molar-refractivity contribution is 6.24. The number of pyridine rings is 1. The Hall–Kier alpha value is -6.28. The second kappa shape index (κ2) is 16.8. The van der Waals surface area contributed by atoms with Crippen molar-refractivity contribution in [2.75, 3.05) is 53.3 Å². The van der Waals surface area contributed by atoms with Crippen molar-refractivity contribution in [2.45, 2.75) is 25.2 Å². The van der Waals surface area contributed by atoms with Crippen LogP contribution in [0.5, 0.6) is 23.0 Å². The Labute approximate surface area is 309 Å². The van der Waals surface area contributed by atoms with Gasteiger partial charge in [0.1, 0.15) is 35.6 Å². The minimum absolute atomic E-state index is 0.0101. The van der Waals surface area contributed by atoms with E-state index in [0.717, 1.165) is 11.0 Å². The summed E-state index contributed by atoms with van der Waals surface area (Å²) in [6.45, 7) is 0.742. The maximum Gasteiger partial charge on any atom is 0.573 e. The van der Waals surface area contributed by atoms with Crippen LogP contribution in [0.3, 0.4) is 0 Å². The smallest absolute Gasteiger partial charge is 0.494 e. The Kier molecular flexibility index (Phi) is 11.7. The van der Waals surface area contributed by atoms with E-state index >= 15 is 0 Å². The van der Waals surface area contributed by atoms with Crippen LogP contribution in [0, 0.1) is 0 Å². The number of rotatable bonds is 17. The molecule has 1 saturated heterocycles. The van der Waals surface area contributed by atoms with Crippen molar-refractivity contribution in [1.82, 2.24) is 30.5 Å². The Bertz CT molecular complexity index is 2110. The van der Waals surface area contributed by atoms with E-state index in [1.54, 1.807) is 6.07 Å². The molecule has 17 nitrogen and oxygen atoms in total. The summed E-state index contributed by atoms with van der Waals surface area (Å²) in [5.74, 6) is -2.56. The fraction of sp³-hybridized carbons (Fsp3) is 0.343. The zero-order chi connectivity index (χ0) is 39.1. The number of hydrogen-bond acceptors (Lipinski definition) is 13. The monoisotopic (exact) mass is 770 g/mol. The molecule has 2 aromatic carbocycles. The van der Waals surface area contributed by atoms with Gasteiger partial charge in [0.25, 0.3) is 17.7 Å².